The van der Waals surface area contributed by atoms with Gasteiger partial charge in [-0.25, -0.2) is 9.97 Å². The first-order chi connectivity index (χ1) is 8.71. The number of nitrogens with zero attached hydrogens (tertiary/aromatic N) is 4. The molecule has 1 unspecified atom stereocenters. The quantitative estimate of drug-likeness (QED) is 0.841. The Hall–Kier alpha value is -1.71. The van der Waals surface area contributed by atoms with Crippen LogP contribution in [0.4, 0.5) is 5.82 Å². The van der Waals surface area contributed by atoms with Gasteiger partial charge in [0.05, 0.1) is 19.2 Å². The summed E-state index contributed by atoms with van der Waals surface area (Å²) in [5, 5.41) is 11.9. The number of aryl methyl sites for hydroxylation is 1. The highest BCUT2D eigenvalue weighted by Gasteiger charge is 2.20. The second-order valence-corrected chi connectivity index (χ2v) is 4.28. The van der Waals surface area contributed by atoms with Gasteiger partial charge in [0.2, 0.25) is 0 Å². The molecular weight excluding hydrogens is 230 g/mol. The van der Waals surface area contributed by atoms with Crippen LogP contribution < -0.4 is 5.32 Å². The molecule has 1 aliphatic heterocycles. The average Bonchev–Trinajstić information content (AvgIpc) is 2.38. The van der Waals surface area contributed by atoms with Crippen molar-refractivity contribution < 1.29 is 4.74 Å². The van der Waals surface area contributed by atoms with Crippen molar-refractivity contribution in [1.82, 2.24) is 14.9 Å². The second kappa shape index (κ2) is 5.76. The Morgan fingerprint density at radius 2 is 2.44 bits per heavy atom. The summed E-state index contributed by atoms with van der Waals surface area (Å²) in [4.78, 5) is 11.0. The lowest BCUT2D eigenvalue weighted by atomic mass is 10.3. The summed E-state index contributed by atoms with van der Waals surface area (Å²) in [6, 6.07) is 4.04. The summed E-state index contributed by atoms with van der Waals surface area (Å²) in [7, 11) is 1.84. The van der Waals surface area contributed by atoms with E-state index in [1.54, 1.807) is 0 Å². The highest BCUT2D eigenvalue weighted by Crippen LogP contribution is 2.10. The molecule has 0 bridgehead atoms. The molecule has 0 aliphatic carbocycles. The van der Waals surface area contributed by atoms with Gasteiger partial charge in [-0.05, 0) is 6.92 Å². The molecule has 0 spiro atoms. The zero-order valence-corrected chi connectivity index (χ0v) is 10.7. The minimum absolute atomic E-state index is 0.340. The molecule has 2 heterocycles. The van der Waals surface area contributed by atoms with Crippen LogP contribution in [-0.2, 0) is 11.3 Å². The van der Waals surface area contributed by atoms with Crippen molar-refractivity contribution in [2.75, 3.05) is 32.1 Å². The molecule has 1 saturated heterocycles. The van der Waals surface area contributed by atoms with Gasteiger partial charge in [0.15, 0.2) is 6.10 Å². The van der Waals surface area contributed by atoms with Gasteiger partial charge in [0, 0.05) is 31.9 Å². The van der Waals surface area contributed by atoms with Crippen LogP contribution in [-0.4, -0.2) is 47.7 Å². The van der Waals surface area contributed by atoms with Gasteiger partial charge >= 0.3 is 0 Å². The number of rotatable bonds is 3. The van der Waals surface area contributed by atoms with E-state index in [0.717, 1.165) is 23.9 Å². The van der Waals surface area contributed by atoms with E-state index >= 15 is 0 Å². The summed E-state index contributed by atoms with van der Waals surface area (Å²) in [6.45, 7) is 4.61. The first-order valence-electron chi connectivity index (χ1n) is 5.97. The fourth-order valence-corrected chi connectivity index (χ4v) is 1.95. The number of hydrogen-bond donors (Lipinski definition) is 1. The fourth-order valence-electron chi connectivity index (χ4n) is 1.95. The first kappa shape index (κ1) is 12.7. The van der Waals surface area contributed by atoms with Crippen LogP contribution in [0.5, 0.6) is 0 Å². The number of nitriles is 1. The number of ether oxygens (including phenoxy) is 1. The summed E-state index contributed by atoms with van der Waals surface area (Å²) < 4.78 is 5.31. The van der Waals surface area contributed by atoms with Crippen molar-refractivity contribution in [3.63, 3.8) is 0 Å². The smallest absolute Gasteiger partial charge is 0.156 e. The molecule has 18 heavy (non-hydrogen) atoms. The Labute approximate surface area is 107 Å². The Morgan fingerprint density at radius 3 is 3.17 bits per heavy atom. The van der Waals surface area contributed by atoms with Gasteiger partial charge in [-0.1, -0.05) is 0 Å². The SMILES string of the molecule is CNc1cc(C)nc(CN2CCOC(C#N)C2)n1. The van der Waals surface area contributed by atoms with E-state index in [4.69, 9.17) is 10.00 Å². The number of anilines is 1. The van der Waals surface area contributed by atoms with E-state index in [0.29, 0.717) is 19.7 Å². The van der Waals surface area contributed by atoms with Crippen molar-refractivity contribution in [2.45, 2.75) is 19.6 Å². The third-order valence-electron chi connectivity index (χ3n) is 2.82. The zero-order valence-electron chi connectivity index (χ0n) is 10.7. The van der Waals surface area contributed by atoms with Gasteiger partial charge in [-0.3, -0.25) is 4.90 Å². The second-order valence-electron chi connectivity index (χ2n) is 4.28. The van der Waals surface area contributed by atoms with Crippen LogP contribution >= 0.6 is 0 Å². The molecule has 0 radical (unpaired) electrons. The molecule has 1 atom stereocenters. The third kappa shape index (κ3) is 3.15. The van der Waals surface area contributed by atoms with Crippen molar-refractivity contribution in [1.29, 1.82) is 5.26 Å². The molecular formula is C12H17N5O. The summed E-state index contributed by atoms with van der Waals surface area (Å²) in [5.74, 6) is 1.60. The third-order valence-corrected chi connectivity index (χ3v) is 2.82. The molecule has 1 N–H and O–H groups in total. The van der Waals surface area contributed by atoms with Crippen molar-refractivity contribution in [3.8, 4) is 6.07 Å². The van der Waals surface area contributed by atoms with E-state index in [9.17, 15) is 0 Å². The number of hydrogen-bond acceptors (Lipinski definition) is 6. The highest BCUT2D eigenvalue weighted by atomic mass is 16.5. The summed E-state index contributed by atoms with van der Waals surface area (Å²) in [6.07, 6.45) is -0.340. The highest BCUT2D eigenvalue weighted by molar-refractivity contribution is 5.34. The van der Waals surface area contributed by atoms with Crippen LogP contribution in [0.25, 0.3) is 0 Å². The van der Waals surface area contributed by atoms with Crippen LogP contribution in [0.2, 0.25) is 0 Å². The van der Waals surface area contributed by atoms with Crippen LogP contribution in [0.3, 0.4) is 0 Å². The molecule has 1 fully saturated rings. The number of morpholine rings is 1. The summed E-state index contributed by atoms with van der Waals surface area (Å²) in [5.41, 5.74) is 0.939. The van der Waals surface area contributed by atoms with Crippen LogP contribution in [0.15, 0.2) is 6.07 Å². The molecule has 6 heteroatoms. The molecule has 2 rings (SSSR count). The maximum Gasteiger partial charge on any atom is 0.156 e. The lowest BCUT2D eigenvalue weighted by molar-refractivity contribution is -0.00358. The van der Waals surface area contributed by atoms with E-state index in [-0.39, 0.29) is 6.10 Å². The molecule has 0 aromatic carbocycles. The normalized spacial score (nSPS) is 20.4. The van der Waals surface area contributed by atoms with E-state index in [1.807, 2.05) is 20.0 Å². The average molecular weight is 247 g/mol. The van der Waals surface area contributed by atoms with Crippen LogP contribution in [0, 0.1) is 18.3 Å². The lowest BCUT2D eigenvalue weighted by Gasteiger charge is -2.29. The maximum atomic E-state index is 8.86. The molecule has 6 nitrogen and oxygen atoms in total. The monoisotopic (exact) mass is 247 g/mol. The topological polar surface area (TPSA) is 74.1 Å². The Balaban J connectivity index is 2.04. The summed E-state index contributed by atoms with van der Waals surface area (Å²) >= 11 is 0. The van der Waals surface area contributed by atoms with Crippen molar-refractivity contribution in [3.05, 3.63) is 17.6 Å². The van der Waals surface area contributed by atoms with Gasteiger partial charge in [-0.2, -0.15) is 5.26 Å². The molecule has 0 saturated carbocycles. The molecule has 1 aliphatic rings. The molecule has 0 amide bonds. The first-order valence-corrected chi connectivity index (χ1v) is 5.97. The largest absolute Gasteiger partial charge is 0.373 e. The lowest BCUT2D eigenvalue weighted by Crippen LogP contribution is -2.41. The molecule has 1 aromatic rings. The van der Waals surface area contributed by atoms with Gasteiger partial charge < -0.3 is 10.1 Å². The molecule has 1 aromatic heterocycles. The van der Waals surface area contributed by atoms with Gasteiger partial charge in [0.25, 0.3) is 0 Å². The minimum atomic E-state index is -0.340. The predicted molar refractivity (Wildman–Crippen MR) is 66.9 cm³/mol. The van der Waals surface area contributed by atoms with E-state index in [1.165, 1.54) is 0 Å². The maximum absolute atomic E-state index is 8.86. The van der Waals surface area contributed by atoms with E-state index < -0.39 is 0 Å². The minimum Gasteiger partial charge on any atom is -0.373 e. The Bertz CT molecular complexity index is 456. The standard InChI is InChI=1S/C12H17N5O/c1-9-5-11(14-2)16-12(15-9)8-17-3-4-18-10(6-13)7-17/h5,10H,3-4,7-8H2,1-2H3,(H,14,15,16). The predicted octanol–water partition coefficient (Wildman–Crippen LogP) is 0.551. The number of nitrogens with one attached hydrogen (secondary N) is 1. The van der Waals surface area contributed by atoms with Crippen molar-refractivity contribution >= 4 is 5.82 Å². The van der Waals surface area contributed by atoms with Crippen molar-refractivity contribution in [2.24, 2.45) is 0 Å². The zero-order chi connectivity index (χ0) is 13.0. The molecule has 96 valence electrons. The van der Waals surface area contributed by atoms with Crippen LogP contribution in [0.1, 0.15) is 11.5 Å². The van der Waals surface area contributed by atoms with Gasteiger partial charge in [0.1, 0.15) is 11.6 Å². The number of aromatic nitrogens is 2. The Morgan fingerprint density at radius 1 is 1.61 bits per heavy atom. The fraction of sp³-hybridized carbons (Fsp3) is 0.583. The van der Waals surface area contributed by atoms with Gasteiger partial charge in [-0.15, -0.1) is 0 Å². The Kier molecular flexibility index (Phi) is 4.07. The van der Waals surface area contributed by atoms with E-state index in [2.05, 4.69) is 26.3 Å².